The number of methoxy groups -OCH3 is 2. The summed E-state index contributed by atoms with van der Waals surface area (Å²) in [4.78, 5) is 16.5. The number of aromatic nitrogens is 1. The minimum Gasteiger partial charge on any atom is -0.495 e. The quantitative estimate of drug-likeness (QED) is 0.874. The summed E-state index contributed by atoms with van der Waals surface area (Å²) in [6.45, 7) is 1.80. The van der Waals surface area contributed by atoms with Crippen LogP contribution in [0.3, 0.4) is 0 Å². The molecule has 0 spiro atoms. The van der Waals surface area contributed by atoms with Gasteiger partial charge in [-0.2, -0.15) is 5.26 Å². The molecule has 1 aromatic carbocycles. The molecule has 0 aliphatic rings. The molecule has 6 nitrogen and oxygen atoms in total. The fourth-order valence-electron chi connectivity index (χ4n) is 1.72. The Bertz CT molecular complexity index is 719. The van der Waals surface area contributed by atoms with Crippen molar-refractivity contribution in [3.63, 3.8) is 0 Å². The van der Waals surface area contributed by atoms with Crippen LogP contribution in [0.25, 0.3) is 0 Å². The Morgan fingerprint density at radius 1 is 1.43 bits per heavy atom. The predicted molar refractivity (Wildman–Crippen MR) is 79.2 cm³/mol. The van der Waals surface area contributed by atoms with E-state index in [1.165, 1.54) is 25.6 Å². The highest BCUT2D eigenvalue weighted by molar-refractivity contribution is 7.15. The van der Waals surface area contributed by atoms with Gasteiger partial charge in [-0.25, -0.2) is 9.78 Å². The van der Waals surface area contributed by atoms with E-state index in [0.29, 0.717) is 22.1 Å². The van der Waals surface area contributed by atoms with Crippen LogP contribution in [0.2, 0.25) is 0 Å². The summed E-state index contributed by atoms with van der Waals surface area (Å²) >= 11 is 1.34. The molecule has 0 saturated carbocycles. The maximum absolute atomic E-state index is 11.5. The molecule has 0 saturated heterocycles. The summed E-state index contributed by atoms with van der Waals surface area (Å²) in [5.41, 5.74) is 1.46. The zero-order valence-electron chi connectivity index (χ0n) is 11.8. The molecule has 0 radical (unpaired) electrons. The summed E-state index contributed by atoms with van der Waals surface area (Å²) in [5, 5.41) is 12.5. The first-order valence-corrected chi connectivity index (χ1v) is 6.81. The lowest BCUT2D eigenvalue weighted by Gasteiger charge is -2.08. The third-order valence-electron chi connectivity index (χ3n) is 2.75. The number of thiazole rings is 1. The lowest BCUT2D eigenvalue weighted by atomic mass is 10.2. The van der Waals surface area contributed by atoms with E-state index in [1.807, 2.05) is 6.07 Å². The number of carbonyl (C=O) groups excluding carboxylic acids is 1. The molecule has 0 aliphatic heterocycles. The number of ether oxygens (including phenoxy) is 2. The standard InChI is InChI=1S/C14H13N3O3S/c1-8-12(13(18)20-3)17-14(21-8)16-10-5-4-9(7-15)6-11(10)19-2/h4-6H,1-3H3,(H,16,17). The number of benzene rings is 1. The highest BCUT2D eigenvalue weighted by Crippen LogP contribution is 2.31. The second-order valence-electron chi connectivity index (χ2n) is 4.07. The number of aryl methyl sites for hydroxylation is 1. The Morgan fingerprint density at radius 3 is 2.81 bits per heavy atom. The lowest BCUT2D eigenvalue weighted by molar-refractivity contribution is 0.0594. The van der Waals surface area contributed by atoms with Gasteiger partial charge in [-0.05, 0) is 19.1 Å². The summed E-state index contributed by atoms with van der Waals surface area (Å²) in [7, 11) is 2.84. The molecule has 7 heteroatoms. The van der Waals surface area contributed by atoms with E-state index < -0.39 is 5.97 Å². The SMILES string of the molecule is COC(=O)c1nc(Nc2ccc(C#N)cc2OC)sc1C. The highest BCUT2D eigenvalue weighted by atomic mass is 32.1. The molecular weight excluding hydrogens is 290 g/mol. The van der Waals surface area contributed by atoms with E-state index in [2.05, 4.69) is 15.0 Å². The second kappa shape index (κ2) is 6.24. The van der Waals surface area contributed by atoms with Gasteiger partial charge in [-0.3, -0.25) is 0 Å². The Balaban J connectivity index is 2.31. The molecule has 0 amide bonds. The molecular formula is C14H13N3O3S. The molecule has 2 rings (SSSR count). The van der Waals surface area contributed by atoms with E-state index in [9.17, 15) is 4.79 Å². The van der Waals surface area contributed by atoms with Crippen molar-refractivity contribution in [2.75, 3.05) is 19.5 Å². The molecule has 1 aromatic heterocycles. The number of carbonyl (C=O) groups is 1. The van der Waals surface area contributed by atoms with Crippen molar-refractivity contribution in [2.45, 2.75) is 6.92 Å². The minimum absolute atomic E-state index is 0.289. The van der Waals surface area contributed by atoms with Crippen molar-refractivity contribution in [3.05, 3.63) is 34.3 Å². The van der Waals surface area contributed by atoms with Gasteiger partial charge in [0.2, 0.25) is 0 Å². The van der Waals surface area contributed by atoms with Gasteiger partial charge < -0.3 is 14.8 Å². The molecule has 0 fully saturated rings. The van der Waals surface area contributed by atoms with Crippen LogP contribution in [0.4, 0.5) is 10.8 Å². The van der Waals surface area contributed by atoms with E-state index in [0.717, 1.165) is 4.88 Å². The maximum atomic E-state index is 11.5. The molecule has 0 aliphatic carbocycles. The number of nitrogens with one attached hydrogen (secondary N) is 1. The van der Waals surface area contributed by atoms with E-state index >= 15 is 0 Å². The third kappa shape index (κ3) is 3.12. The summed E-state index contributed by atoms with van der Waals surface area (Å²) in [6.07, 6.45) is 0. The van der Waals surface area contributed by atoms with Crippen LogP contribution in [-0.2, 0) is 4.74 Å². The zero-order valence-corrected chi connectivity index (χ0v) is 12.6. The number of nitriles is 1. The van der Waals surface area contributed by atoms with Gasteiger partial charge in [0.1, 0.15) is 5.75 Å². The van der Waals surface area contributed by atoms with Gasteiger partial charge in [0.25, 0.3) is 0 Å². The monoisotopic (exact) mass is 303 g/mol. The van der Waals surface area contributed by atoms with Gasteiger partial charge in [-0.15, -0.1) is 11.3 Å². The highest BCUT2D eigenvalue weighted by Gasteiger charge is 2.16. The average molecular weight is 303 g/mol. The van der Waals surface area contributed by atoms with Crippen LogP contribution in [0.5, 0.6) is 5.75 Å². The molecule has 1 heterocycles. The Hall–Kier alpha value is -2.59. The fraction of sp³-hybridized carbons (Fsp3) is 0.214. The first-order valence-electron chi connectivity index (χ1n) is 6.00. The molecule has 2 aromatic rings. The molecule has 1 N–H and O–H groups in total. The van der Waals surface area contributed by atoms with Crippen molar-refractivity contribution in [2.24, 2.45) is 0 Å². The van der Waals surface area contributed by atoms with Crippen molar-refractivity contribution in [1.82, 2.24) is 4.98 Å². The third-order valence-corrected chi connectivity index (χ3v) is 3.63. The van der Waals surface area contributed by atoms with Gasteiger partial charge in [0, 0.05) is 10.9 Å². The number of hydrogen-bond donors (Lipinski definition) is 1. The van der Waals surface area contributed by atoms with Crippen LogP contribution in [0.1, 0.15) is 20.9 Å². The maximum Gasteiger partial charge on any atom is 0.357 e. The number of anilines is 2. The number of hydrogen-bond acceptors (Lipinski definition) is 7. The van der Waals surface area contributed by atoms with Gasteiger partial charge in [-0.1, -0.05) is 0 Å². The summed E-state index contributed by atoms with van der Waals surface area (Å²) in [5.74, 6) is 0.0603. The molecule has 108 valence electrons. The molecule has 21 heavy (non-hydrogen) atoms. The van der Waals surface area contributed by atoms with Gasteiger partial charge in [0.15, 0.2) is 10.8 Å². The molecule has 0 unspecified atom stereocenters. The number of rotatable bonds is 4. The summed E-state index contributed by atoms with van der Waals surface area (Å²) in [6, 6.07) is 7.08. The first kappa shape index (κ1) is 14.8. The van der Waals surface area contributed by atoms with Gasteiger partial charge in [0.05, 0.1) is 31.5 Å². The van der Waals surface area contributed by atoms with Crippen LogP contribution >= 0.6 is 11.3 Å². The topological polar surface area (TPSA) is 84.2 Å². The van der Waals surface area contributed by atoms with E-state index in [4.69, 9.17) is 10.00 Å². The van der Waals surface area contributed by atoms with E-state index in [-0.39, 0.29) is 5.69 Å². The normalized spacial score (nSPS) is 9.81. The minimum atomic E-state index is -0.469. The Morgan fingerprint density at radius 2 is 2.19 bits per heavy atom. The second-order valence-corrected chi connectivity index (χ2v) is 5.27. The van der Waals surface area contributed by atoms with Crippen molar-refractivity contribution in [3.8, 4) is 11.8 Å². The predicted octanol–water partition coefficient (Wildman–Crippen LogP) is 2.86. The van der Waals surface area contributed by atoms with Crippen molar-refractivity contribution >= 4 is 28.1 Å². The van der Waals surface area contributed by atoms with Crippen LogP contribution in [0, 0.1) is 18.3 Å². The van der Waals surface area contributed by atoms with Crippen molar-refractivity contribution in [1.29, 1.82) is 5.26 Å². The van der Waals surface area contributed by atoms with Gasteiger partial charge >= 0.3 is 5.97 Å². The van der Waals surface area contributed by atoms with E-state index in [1.54, 1.807) is 25.1 Å². The largest absolute Gasteiger partial charge is 0.495 e. The number of esters is 1. The Kier molecular flexibility index (Phi) is 4.40. The molecule has 0 bridgehead atoms. The zero-order chi connectivity index (χ0) is 15.4. The molecule has 0 atom stereocenters. The first-order chi connectivity index (χ1) is 10.1. The smallest absolute Gasteiger partial charge is 0.357 e. The average Bonchev–Trinajstić information content (AvgIpc) is 2.87. The lowest BCUT2D eigenvalue weighted by Crippen LogP contribution is -2.03. The van der Waals surface area contributed by atoms with Crippen LogP contribution < -0.4 is 10.1 Å². The van der Waals surface area contributed by atoms with Crippen LogP contribution in [-0.4, -0.2) is 25.2 Å². The summed E-state index contributed by atoms with van der Waals surface area (Å²) < 4.78 is 9.91. The van der Waals surface area contributed by atoms with Crippen molar-refractivity contribution < 1.29 is 14.3 Å². The van der Waals surface area contributed by atoms with Crippen LogP contribution in [0.15, 0.2) is 18.2 Å². The Labute approximate surface area is 126 Å². The fourth-order valence-corrected chi connectivity index (χ4v) is 2.53. The number of nitrogens with zero attached hydrogens (tertiary/aromatic N) is 2.